The maximum Gasteiger partial charge on any atom is 0.303 e. The lowest BCUT2D eigenvalue weighted by Crippen LogP contribution is -2.00. The molecule has 0 aliphatic rings. The van der Waals surface area contributed by atoms with E-state index in [0.717, 1.165) is 6.07 Å². The van der Waals surface area contributed by atoms with Crippen molar-refractivity contribution < 1.29 is 23.1 Å². The SMILES string of the molecule is Cc1cc(CCCC(=O)O)cc(F)c1C(F)F. The van der Waals surface area contributed by atoms with Crippen LogP contribution >= 0.6 is 0 Å². The number of hydrogen-bond acceptors (Lipinski definition) is 1. The lowest BCUT2D eigenvalue weighted by Gasteiger charge is -2.09. The first-order valence-corrected chi connectivity index (χ1v) is 5.20. The molecule has 0 atom stereocenters. The molecule has 1 rings (SSSR count). The maximum absolute atomic E-state index is 13.4. The number of carboxylic acids is 1. The number of benzene rings is 1. The molecule has 0 spiro atoms. The van der Waals surface area contributed by atoms with E-state index in [1.807, 2.05) is 0 Å². The van der Waals surface area contributed by atoms with Crippen LogP contribution in [-0.4, -0.2) is 11.1 Å². The van der Waals surface area contributed by atoms with E-state index in [1.54, 1.807) is 0 Å². The molecule has 1 N–H and O–H groups in total. The summed E-state index contributed by atoms with van der Waals surface area (Å²) in [5, 5.41) is 8.44. The van der Waals surface area contributed by atoms with E-state index >= 15 is 0 Å². The third-order valence-electron chi connectivity index (χ3n) is 2.47. The second-order valence-corrected chi connectivity index (χ2v) is 3.86. The first-order chi connectivity index (χ1) is 7.91. The molecule has 0 heterocycles. The van der Waals surface area contributed by atoms with Gasteiger partial charge in [-0.25, -0.2) is 13.2 Å². The standard InChI is InChI=1S/C12H13F3O2/c1-7-5-8(3-2-4-10(16)17)6-9(13)11(7)12(14)15/h5-6,12H,2-4H2,1H3,(H,16,17). The van der Waals surface area contributed by atoms with Crippen molar-refractivity contribution in [3.05, 3.63) is 34.6 Å². The van der Waals surface area contributed by atoms with Crippen molar-refractivity contribution in [2.24, 2.45) is 0 Å². The molecular weight excluding hydrogens is 233 g/mol. The minimum Gasteiger partial charge on any atom is -0.481 e. The lowest BCUT2D eigenvalue weighted by atomic mass is 10.0. The molecular formula is C12H13F3O2. The van der Waals surface area contributed by atoms with Gasteiger partial charge < -0.3 is 5.11 Å². The van der Waals surface area contributed by atoms with Gasteiger partial charge in [-0.05, 0) is 37.0 Å². The second-order valence-electron chi connectivity index (χ2n) is 3.86. The van der Waals surface area contributed by atoms with Crippen LogP contribution in [0.4, 0.5) is 13.2 Å². The predicted molar refractivity (Wildman–Crippen MR) is 56.7 cm³/mol. The van der Waals surface area contributed by atoms with Crippen molar-refractivity contribution in [3.8, 4) is 0 Å². The molecule has 0 radical (unpaired) electrons. The van der Waals surface area contributed by atoms with E-state index in [1.165, 1.54) is 13.0 Å². The number of hydrogen-bond donors (Lipinski definition) is 1. The summed E-state index contributed by atoms with van der Waals surface area (Å²) in [6.07, 6.45) is -2.12. The molecule has 0 aliphatic carbocycles. The molecule has 0 unspecified atom stereocenters. The number of carbonyl (C=O) groups is 1. The van der Waals surface area contributed by atoms with Gasteiger partial charge in [0.05, 0.1) is 5.56 Å². The molecule has 0 saturated carbocycles. The average Bonchev–Trinajstić information content (AvgIpc) is 2.14. The molecule has 0 amide bonds. The summed E-state index contributed by atoms with van der Waals surface area (Å²) < 4.78 is 38.3. The molecule has 94 valence electrons. The lowest BCUT2D eigenvalue weighted by molar-refractivity contribution is -0.137. The average molecular weight is 246 g/mol. The van der Waals surface area contributed by atoms with Crippen LogP contribution in [0.15, 0.2) is 12.1 Å². The summed E-state index contributed by atoms with van der Waals surface area (Å²) in [6.45, 7) is 1.42. The number of rotatable bonds is 5. The van der Waals surface area contributed by atoms with Crippen molar-refractivity contribution in [2.75, 3.05) is 0 Å². The van der Waals surface area contributed by atoms with Gasteiger partial charge in [0.15, 0.2) is 0 Å². The fraction of sp³-hybridized carbons (Fsp3) is 0.417. The van der Waals surface area contributed by atoms with Crippen molar-refractivity contribution in [2.45, 2.75) is 32.6 Å². The molecule has 1 aromatic carbocycles. The van der Waals surface area contributed by atoms with Crippen LogP contribution in [0.1, 0.15) is 36.0 Å². The predicted octanol–water partition coefficient (Wildman–Crippen LogP) is 3.48. The molecule has 2 nitrogen and oxygen atoms in total. The Balaban J connectivity index is 2.80. The molecule has 0 fully saturated rings. The highest BCUT2D eigenvalue weighted by Gasteiger charge is 2.17. The van der Waals surface area contributed by atoms with E-state index in [-0.39, 0.29) is 12.0 Å². The van der Waals surface area contributed by atoms with Gasteiger partial charge in [0.1, 0.15) is 5.82 Å². The van der Waals surface area contributed by atoms with E-state index in [4.69, 9.17) is 5.11 Å². The Morgan fingerprint density at radius 2 is 2.06 bits per heavy atom. The fourth-order valence-electron chi connectivity index (χ4n) is 1.69. The Morgan fingerprint density at radius 3 is 2.53 bits per heavy atom. The summed E-state index contributed by atoms with van der Waals surface area (Å²) in [6, 6.07) is 2.53. The van der Waals surface area contributed by atoms with Crippen LogP contribution < -0.4 is 0 Å². The molecule has 0 aliphatic heterocycles. The van der Waals surface area contributed by atoms with E-state index in [0.29, 0.717) is 18.4 Å². The Bertz CT molecular complexity index is 393. The van der Waals surface area contributed by atoms with Crippen LogP contribution in [0.5, 0.6) is 0 Å². The smallest absolute Gasteiger partial charge is 0.303 e. The Kier molecular flexibility index (Phi) is 4.54. The number of aliphatic carboxylic acids is 1. The molecule has 17 heavy (non-hydrogen) atoms. The van der Waals surface area contributed by atoms with Crippen LogP contribution in [0.25, 0.3) is 0 Å². The number of alkyl halides is 2. The summed E-state index contributed by atoms with van der Waals surface area (Å²) in [5.41, 5.74) is 0.169. The monoisotopic (exact) mass is 246 g/mol. The van der Waals surface area contributed by atoms with Gasteiger partial charge in [0, 0.05) is 6.42 Å². The number of carboxylic acid groups (broad SMARTS) is 1. The topological polar surface area (TPSA) is 37.3 Å². The molecule has 0 bridgehead atoms. The molecule has 0 aromatic heterocycles. The molecule has 5 heteroatoms. The van der Waals surface area contributed by atoms with E-state index in [9.17, 15) is 18.0 Å². The molecule has 0 saturated heterocycles. The highest BCUT2D eigenvalue weighted by atomic mass is 19.3. The van der Waals surface area contributed by atoms with Crippen molar-refractivity contribution in [3.63, 3.8) is 0 Å². The Labute approximate surface area is 97.1 Å². The summed E-state index contributed by atoms with van der Waals surface area (Å²) in [5.74, 6) is -1.85. The summed E-state index contributed by atoms with van der Waals surface area (Å²) in [7, 11) is 0. The number of halogens is 3. The summed E-state index contributed by atoms with van der Waals surface area (Å²) >= 11 is 0. The first kappa shape index (κ1) is 13.5. The van der Waals surface area contributed by atoms with Gasteiger partial charge in [-0.15, -0.1) is 0 Å². The number of aryl methyl sites for hydroxylation is 2. The van der Waals surface area contributed by atoms with E-state index < -0.39 is 23.8 Å². The highest BCUT2D eigenvalue weighted by Crippen LogP contribution is 2.27. The second kappa shape index (κ2) is 5.70. The van der Waals surface area contributed by atoms with Crippen LogP contribution in [-0.2, 0) is 11.2 Å². The van der Waals surface area contributed by atoms with Gasteiger partial charge in [-0.1, -0.05) is 6.07 Å². The first-order valence-electron chi connectivity index (χ1n) is 5.20. The minimum atomic E-state index is -2.83. The van der Waals surface area contributed by atoms with Gasteiger partial charge in [0.25, 0.3) is 6.43 Å². The highest BCUT2D eigenvalue weighted by molar-refractivity contribution is 5.66. The maximum atomic E-state index is 13.4. The summed E-state index contributed by atoms with van der Waals surface area (Å²) in [4.78, 5) is 10.3. The van der Waals surface area contributed by atoms with Gasteiger partial charge in [0.2, 0.25) is 0 Å². The fourth-order valence-corrected chi connectivity index (χ4v) is 1.69. The zero-order valence-corrected chi connectivity index (χ0v) is 9.34. The van der Waals surface area contributed by atoms with Crippen LogP contribution in [0, 0.1) is 12.7 Å². The quantitative estimate of drug-likeness (QED) is 0.863. The normalized spacial score (nSPS) is 10.9. The largest absolute Gasteiger partial charge is 0.481 e. The minimum absolute atomic E-state index is 0.0166. The zero-order chi connectivity index (χ0) is 13.0. The van der Waals surface area contributed by atoms with E-state index in [2.05, 4.69) is 0 Å². The Morgan fingerprint density at radius 1 is 1.41 bits per heavy atom. The van der Waals surface area contributed by atoms with Crippen molar-refractivity contribution in [1.29, 1.82) is 0 Å². The van der Waals surface area contributed by atoms with Crippen molar-refractivity contribution in [1.82, 2.24) is 0 Å². The zero-order valence-electron chi connectivity index (χ0n) is 9.34. The third-order valence-corrected chi connectivity index (χ3v) is 2.47. The Hall–Kier alpha value is -1.52. The van der Waals surface area contributed by atoms with Crippen molar-refractivity contribution >= 4 is 5.97 Å². The van der Waals surface area contributed by atoms with Gasteiger partial charge >= 0.3 is 5.97 Å². The van der Waals surface area contributed by atoms with Gasteiger partial charge in [-0.2, -0.15) is 0 Å². The third kappa shape index (κ3) is 3.76. The van der Waals surface area contributed by atoms with Gasteiger partial charge in [-0.3, -0.25) is 4.79 Å². The van der Waals surface area contributed by atoms with Crippen LogP contribution in [0.3, 0.4) is 0 Å². The molecule has 1 aromatic rings. The van der Waals surface area contributed by atoms with Crippen LogP contribution in [0.2, 0.25) is 0 Å².